The second-order valence-electron chi connectivity index (χ2n) is 6.95. The molecule has 0 N–H and O–H groups in total. The molecule has 3 aromatic rings. The van der Waals surface area contributed by atoms with Gasteiger partial charge in [-0.15, -0.1) is 11.3 Å². The maximum atomic E-state index is 13.1. The third-order valence-electron chi connectivity index (χ3n) is 4.99. The maximum Gasteiger partial charge on any atom is 0.265 e. The first-order valence-corrected chi connectivity index (χ1v) is 12.1. The zero-order valence-electron chi connectivity index (χ0n) is 16.3. The van der Waals surface area contributed by atoms with E-state index in [-0.39, 0.29) is 23.9 Å². The van der Waals surface area contributed by atoms with Crippen molar-refractivity contribution in [3.63, 3.8) is 0 Å². The zero-order valence-corrected chi connectivity index (χ0v) is 18.7. The Labute approximate surface area is 184 Å². The number of carbonyl (C=O) groups excluding carboxylic acids is 1. The maximum absolute atomic E-state index is 13.1. The molecule has 0 spiro atoms. The summed E-state index contributed by atoms with van der Waals surface area (Å²) >= 11 is 7.29. The van der Waals surface area contributed by atoms with Gasteiger partial charge in [0.15, 0.2) is 0 Å². The Kier molecular flexibility index (Phi) is 5.92. The summed E-state index contributed by atoms with van der Waals surface area (Å²) in [7, 11) is -3.54. The average molecular weight is 462 g/mol. The van der Waals surface area contributed by atoms with Crippen LogP contribution in [0.15, 0.2) is 59.5 Å². The number of rotatable bonds is 4. The van der Waals surface area contributed by atoms with Gasteiger partial charge in [-0.2, -0.15) is 4.31 Å². The first kappa shape index (κ1) is 21.0. The van der Waals surface area contributed by atoms with E-state index in [2.05, 4.69) is 4.98 Å². The van der Waals surface area contributed by atoms with Crippen LogP contribution >= 0.6 is 22.9 Å². The highest BCUT2D eigenvalue weighted by molar-refractivity contribution is 7.89. The van der Waals surface area contributed by atoms with Crippen LogP contribution in [0.25, 0.3) is 10.6 Å². The van der Waals surface area contributed by atoms with Crippen molar-refractivity contribution in [3.8, 4) is 10.6 Å². The van der Waals surface area contributed by atoms with Gasteiger partial charge < -0.3 is 4.90 Å². The summed E-state index contributed by atoms with van der Waals surface area (Å²) in [5, 5.41) is 1.41. The van der Waals surface area contributed by atoms with E-state index in [0.717, 1.165) is 10.6 Å². The van der Waals surface area contributed by atoms with E-state index in [1.54, 1.807) is 47.4 Å². The van der Waals surface area contributed by atoms with E-state index >= 15 is 0 Å². The molecule has 9 heteroatoms. The number of hydrogen-bond donors (Lipinski definition) is 0. The Bertz CT molecular complexity index is 1150. The second kappa shape index (κ2) is 8.47. The Hall–Kier alpha value is -2.26. The largest absolute Gasteiger partial charge is 0.335 e. The molecule has 1 aromatic heterocycles. The highest BCUT2D eigenvalue weighted by Crippen LogP contribution is 2.30. The molecular weight excluding hydrogens is 442 g/mol. The summed E-state index contributed by atoms with van der Waals surface area (Å²) in [6, 6.07) is 15.7. The molecule has 1 saturated heterocycles. The average Bonchev–Trinajstić information content (AvgIpc) is 3.16. The van der Waals surface area contributed by atoms with E-state index in [1.165, 1.54) is 15.6 Å². The molecule has 0 bridgehead atoms. The van der Waals surface area contributed by atoms with Crippen molar-refractivity contribution in [3.05, 3.63) is 70.2 Å². The topological polar surface area (TPSA) is 70.6 Å². The third-order valence-corrected chi connectivity index (χ3v) is 8.35. The lowest BCUT2D eigenvalue weighted by molar-refractivity contribution is 0.0702. The molecule has 30 heavy (non-hydrogen) atoms. The van der Waals surface area contributed by atoms with E-state index in [1.807, 2.05) is 19.1 Å². The lowest BCUT2D eigenvalue weighted by Crippen LogP contribution is -2.50. The van der Waals surface area contributed by atoms with Crippen molar-refractivity contribution < 1.29 is 13.2 Å². The molecule has 4 rings (SSSR count). The zero-order chi connectivity index (χ0) is 21.3. The predicted octanol–water partition coefficient (Wildman–Crippen LogP) is 3.92. The standard InChI is InChI=1S/C21H20ClN3O3S2/c1-15-19(29-20(23-15)16-7-9-17(22)10-8-16)21(26)24-11-13-25(14-12-24)30(27,28)18-5-3-2-4-6-18/h2-10H,11-14H2,1H3. The van der Waals surface area contributed by atoms with Crippen LogP contribution in [0.5, 0.6) is 0 Å². The summed E-state index contributed by atoms with van der Waals surface area (Å²) < 4.78 is 27.0. The number of amides is 1. The van der Waals surface area contributed by atoms with Gasteiger partial charge in [0.1, 0.15) is 9.88 Å². The molecule has 2 heterocycles. The minimum Gasteiger partial charge on any atom is -0.335 e. The van der Waals surface area contributed by atoms with Crippen LogP contribution in [0.4, 0.5) is 0 Å². The quantitative estimate of drug-likeness (QED) is 0.590. The SMILES string of the molecule is Cc1nc(-c2ccc(Cl)cc2)sc1C(=O)N1CCN(S(=O)(=O)c2ccccc2)CC1. The second-order valence-corrected chi connectivity index (χ2v) is 10.3. The number of halogens is 1. The monoisotopic (exact) mass is 461 g/mol. The van der Waals surface area contributed by atoms with Crippen LogP contribution < -0.4 is 0 Å². The van der Waals surface area contributed by atoms with Crippen molar-refractivity contribution >= 4 is 38.9 Å². The van der Waals surface area contributed by atoms with Crippen LogP contribution in [0.3, 0.4) is 0 Å². The minimum absolute atomic E-state index is 0.109. The highest BCUT2D eigenvalue weighted by atomic mass is 35.5. The smallest absolute Gasteiger partial charge is 0.265 e. The summed E-state index contributed by atoms with van der Waals surface area (Å²) in [4.78, 5) is 20.1. The van der Waals surface area contributed by atoms with Crippen LogP contribution in [0.1, 0.15) is 15.4 Å². The lowest BCUT2D eigenvalue weighted by atomic mass is 10.2. The number of sulfonamides is 1. The molecule has 0 atom stereocenters. The minimum atomic E-state index is -3.54. The number of carbonyl (C=O) groups is 1. The Morgan fingerprint density at radius 1 is 1.00 bits per heavy atom. The number of piperazine rings is 1. The van der Waals surface area contributed by atoms with E-state index in [4.69, 9.17) is 11.6 Å². The van der Waals surface area contributed by atoms with Gasteiger partial charge in [0.25, 0.3) is 5.91 Å². The van der Waals surface area contributed by atoms with Crippen molar-refractivity contribution in [2.75, 3.05) is 26.2 Å². The number of nitrogens with zero attached hydrogens (tertiary/aromatic N) is 3. The van der Waals surface area contributed by atoms with Gasteiger partial charge in [-0.3, -0.25) is 4.79 Å². The number of aryl methyl sites for hydroxylation is 1. The van der Waals surface area contributed by atoms with Gasteiger partial charge in [-0.25, -0.2) is 13.4 Å². The molecule has 1 aliphatic rings. The van der Waals surface area contributed by atoms with E-state index in [0.29, 0.717) is 28.7 Å². The van der Waals surface area contributed by atoms with Crippen LogP contribution in [0, 0.1) is 6.92 Å². The fraction of sp³-hybridized carbons (Fsp3) is 0.238. The molecule has 1 aliphatic heterocycles. The van der Waals surface area contributed by atoms with Gasteiger partial charge in [0, 0.05) is 36.8 Å². The van der Waals surface area contributed by atoms with Crippen LogP contribution in [-0.2, 0) is 10.0 Å². The summed E-state index contributed by atoms with van der Waals surface area (Å²) in [5.74, 6) is -0.109. The van der Waals surface area contributed by atoms with Crippen LogP contribution in [0.2, 0.25) is 5.02 Å². The Morgan fingerprint density at radius 3 is 2.27 bits per heavy atom. The first-order valence-electron chi connectivity index (χ1n) is 9.44. The van der Waals surface area contributed by atoms with Crippen LogP contribution in [-0.4, -0.2) is 54.7 Å². The van der Waals surface area contributed by atoms with Crippen molar-refractivity contribution in [1.82, 2.24) is 14.2 Å². The Morgan fingerprint density at radius 2 is 1.63 bits per heavy atom. The molecule has 0 aliphatic carbocycles. The van der Waals surface area contributed by atoms with Gasteiger partial charge in [-0.05, 0) is 31.2 Å². The van der Waals surface area contributed by atoms with E-state index < -0.39 is 10.0 Å². The molecule has 0 saturated carbocycles. The van der Waals surface area contributed by atoms with Crippen molar-refractivity contribution in [2.24, 2.45) is 0 Å². The third kappa shape index (κ3) is 4.13. The summed E-state index contributed by atoms with van der Waals surface area (Å²) in [6.45, 7) is 3.05. The number of hydrogen-bond acceptors (Lipinski definition) is 5. The van der Waals surface area contributed by atoms with E-state index in [9.17, 15) is 13.2 Å². The molecule has 2 aromatic carbocycles. The lowest BCUT2D eigenvalue weighted by Gasteiger charge is -2.33. The van der Waals surface area contributed by atoms with Gasteiger partial charge >= 0.3 is 0 Å². The molecule has 0 radical (unpaired) electrons. The Balaban J connectivity index is 1.47. The number of benzene rings is 2. The molecule has 1 amide bonds. The number of thiazole rings is 1. The normalized spacial score (nSPS) is 15.3. The summed E-state index contributed by atoms with van der Waals surface area (Å²) in [6.07, 6.45) is 0. The number of aromatic nitrogens is 1. The van der Waals surface area contributed by atoms with Gasteiger partial charge in [0.2, 0.25) is 10.0 Å². The molecule has 6 nitrogen and oxygen atoms in total. The van der Waals surface area contributed by atoms with Crippen molar-refractivity contribution in [1.29, 1.82) is 0 Å². The highest BCUT2D eigenvalue weighted by Gasteiger charge is 2.31. The molecular formula is C21H20ClN3O3S2. The fourth-order valence-corrected chi connectivity index (χ4v) is 5.94. The predicted molar refractivity (Wildman–Crippen MR) is 118 cm³/mol. The molecule has 0 unspecified atom stereocenters. The first-order chi connectivity index (χ1) is 14.4. The summed E-state index contributed by atoms with van der Waals surface area (Å²) in [5.41, 5.74) is 1.58. The van der Waals surface area contributed by atoms with Gasteiger partial charge in [0.05, 0.1) is 10.6 Å². The fourth-order valence-electron chi connectivity index (χ4n) is 3.33. The molecule has 1 fully saturated rings. The van der Waals surface area contributed by atoms with Gasteiger partial charge in [-0.1, -0.05) is 41.9 Å². The molecule has 156 valence electrons. The van der Waals surface area contributed by atoms with Crippen molar-refractivity contribution in [2.45, 2.75) is 11.8 Å².